The minimum atomic E-state index is -0.505. The summed E-state index contributed by atoms with van der Waals surface area (Å²) >= 11 is 3.83. The van der Waals surface area contributed by atoms with Crippen LogP contribution in [-0.4, -0.2) is 0 Å². The molecule has 6 aromatic carbocycles. The lowest BCUT2D eigenvalue weighted by Crippen LogP contribution is -2.30. The molecule has 0 aromatic heterocycles. The summed E-state index contributed by atoms with van der Waals surface area (Å²) in [6, 6.07) is 55.2. The number of hydrogen-bond acceptors (Lipinski definition) is 0. The summed E-state index contributed by atoms with van der Waals surface area (Å²) in [6.45, 7) is 0. The van der Waals surface area contributed by atoms with Gasteiger partial charge in [-0.2, -0.15) is 0 Å². The predicted molar refractivity (Wildman–Crippen MR) is 162 cm³/mol. The molecule has 0 spiro atoms. The Kier molecular flexibility index (Phi) is 5.60. The Morgan fingerprint density at radius 3 is 1.26 bits per heavy atom. The van der Waals surface area contributed by atoms with Crippen molar-refractivity contribution in [2.75, 3.05) is 0 Å². The molecule has 0 heterocycles. The Balaban J connectivity index is 1.69. The topological polar surface area (TPSA) is 0 Å². The first-order valence-electron chi connectivity index (χ1n) is 13.0. The first-order valence-corrected chi connectivity index (χ1v) is 13.8. The van der Waals surface area contributed by atoms with Gasteiger partial charge in [0, 0.05) is 4.47 Å². The van der Waals surface area contributed by atoms with Crippen LogP contribution >= 0.6 is 15.9 Å². The van der Waals surface area contributed by atoms with Gasteiger partial charge in [-0.25, -0.2) is 0 Å². The molecule has 0 aliphatic heterocycles. The summed E-state index contributed by atoms with van der Waals surface area (Å²) in [7, 11) is 0. The number of hydrogen-bond donors (Lipinski definition) is 0. The van der Waals surface area contributed by atoms with E-state index in [1.54, 1.807) is 0 Å². The first-order chi connectivity index (χ1) is 18.8. The van der Waals surface area contributed by atoms with E-state index in [1.807, 2.05) is 0 Å². The van der Waals surface area contributed by atoms with Crippen LogP contribution in [0.3, 0.4) is 0 Å². The summed E-state index contributed by atoms with van der Waals surface area (Å²) in [5, 5.41) is 0. The van der Waals surface area contributed by atoms with Gasteiger partial charge in [0.05, 0.1) is 5.41 Å². The summed E-state index contributed by atoms with van der Waals surface area (Å²) < 4.78 is 1.09. The second kappa shape index (κ2) is 9.28. The van der Waals surface area contributed by atoms with Gasteiger partial charge in [0.15, 0.2) is 0 Å². The highest BCUT2D eigenvalue weighted by Gasteiger charge is 2.48. The maximum Gasteiger partial charge on any atom is 0.0725 e. The van der Waals surface area contributed by atoms with Crippen LogP contribution in [0.25, 0.3) is 33.4 Å². The van der Waals surface area contributed by atoms with E-state index in [0.717, 1.165) is 4.47 Å². The Hall–Kier alpha value is -4.20. The van der Waals surface area contributed by atoms with Gasteiger partial charge in [0.25, 0.3) is 0 Å². The van der Waals surface area contributed by atoms with E-state index in [-0.39, 0.29) is 0 Å². The van der Waals surface area contributed by atoms with Crippen LogP contribution in [0, 0.1) is 0 Å². The van der Waals surface area contributed by atoms with Crippen LogP contribution in [0.2, 0.25) is 0 Å². The zero-order valence-electron chi connectivity index (χ0n) is 20.8. The van der Waals surface area contributed by atoms with Crippen LogP contribution in [-0.2, 0) is 5.41 Å². The molecule has 180 valence electrons. The highest BCUT2D eigenvalue weighted by molar-refractivity contribution is 9.10. The van der Waals surface area contributed by atoms with E-state index in [1.165, 1.54) is 55.6 Å². The molecule has 0 nitrogen and oxygen atoms in total. The minimum Gasteiger partial charge on any atom is -0.0622 e. The Bertz CT molecular complexity index is 1680. The summed E-state index contributed by atoms with van der Waals surface area (Å²) in [4.78, 5) is 0. The van der Waals surface area contributed by atoms with Crippen molar-refractivity contribution in [2.45, 2.75) is 5.41 Å². The fraction of sp³-hybridized carbons (Fsp3) is 0.0270. The van der Waals surface area contributed by atoms with E-state index in [9.17, 15) is 0 Å². The van der Waals surface area contributed by atoms with Gasteiger partial charge in [-0.3, -0.25) is 0 Å². The Labute approximate surface area is 232 Å². The fourth-order valence-electron chi connectivity index (χ4n) is 6.34. The molecule has 0 radical (unpaired) electrons. The average molecular weight is 550 g/mol. The first kappa shape index (κ1) is 23.0. The van der Waals surface area contributed by atoms with Gasteiger partial charge in [-0.15, -0.1) is 0 Å². The van der Waals surface area contributed by atoms with Crippen molar-refractivity contribution in [2.24, 2.45) is 0 Å². The van der Waals surface area contributed by atoms with Crippen molar-refractivity contribution >= 4 is 15.9 Å². The third-order valence-corrected chi connectivity index (χ3v) is 8.33. The quantitative estimate of drug-likeness (QED) is 0.205. The number of halogens is 1. The van der Waals surface area contributed by atoms with Gasteiger partial charge >= 0.3 is 0 Å². The second-order valence-corrected chi connectivity index (χ2v) is 10.7. The summed E-state index contributed by atoms with van der Waals surface area (Å²) in [5.41, 5.74) is 12.2. The monoisotopic (exact) mass is 548 g/mol. The maximum absolute atomic E-state index is 3.83. The average Bonchev–Trinajstić information content (AvgIpc) is 3.28. The predicted octanol–water partition coefficient (Wildman–Crippen LogP) is 10.1. The number of rotatable bonds is 4. The largest absolute Gasteiger partial charge is 0.0725 e. The molecular weight excluding hydrogens is 524 g/mol. The maximum atomic E-state index is 3.83. The highest BCUT2D eigenvalue weighted by atomic mass is 79.9. The molecule has 1 heteroatoms. The minimum absolute atomic E-state index is 0.505. The number of fused-ring (bicyclic) bond motifs is 3. The van der Waals surface area contributed by atoms with Crippen molar-refractivity contribution in [3.8, 4) is 33.4 Å². The van der Waals surface area contributed by atoms with Crippen molar-refractivity contribution in [1.29, 1.82) is 0 Å². The van der Waals surface area contributed by atoms with Gasteiger partial charge in [0.2, 0.25) is 0 Å². The van der Waals surface area contributed by atoms with Gasteiger partial charge in [-0.1, -0.05) is 155 Å². The standard InChI is InChI=1S/C37H25Br/c38-28-23-24-32-31-19-9-12-22-35(31)37(36(32)25-28,33-20-10-7-17-29(33)26-13-3-1-4-14-26)34-21-11-8-18-30(34)27-15-5-2-6-16-27/h1-25H. The highest BCUT2D eigenvalue weighted by Crippen LogP contribution is 2.59. The van der Waals surface area contributed by atoms with E-state index >= 15 is 0 Å². The Morgan fingerprint density at radius 2 is 0.737 bits per heavy atom. The lowest BCUT2D eigenvalue weighted by molar-refractivity contribution is 0.772. The molecule has 0 N–H and O–H groups in total. The van der Waals surface area contributed by atoms with E-state index in [2.05, 4.69) is 168 Å². The molecule has 0 saturated heterocycles. The zero-order valence-corrected chi connectivity index (χ0v) is 22.4. The number of benzene rings is 6. The molecule has 1 aliphatic carbocycles. The molecule has 1 aliphatic rings. The van der Waals surface area contributed by atoms with E-state index in [0.29, 0.717) is 0 Å². The van der Waals surface area contributed by atoms with Crippen molar-refractivity contribution in [1.82, 2.24) is 0 Å². The van der Waals surface area contributed by atoms with Gasteiger partial charge in [0.1, 0.15) is 0 Å². The normalized spacial score (nSPS) is 13.1. The van der Waals surface area contributed by atoms with Crippen molar-refractivity contribution in [3.05, 3.63) is 178 Å². The third kappa shape index (κ3) is 3.43. The fourth-order valence-corrected chi connectivity index (χ4v) is 6.70. The van der Waals surface area contributed by atoms with Crippen LogP contribution in [0.4, 0.5) is 0 Å². The lowest BCUT2D eigenvalue weighted by atomic mass is 9.64. The third-order valence-electron chi connectivity index (χ3n) is 7.84. The molecule has 7 rings (SSSR count). The molecule has 38 heavy (non-hydrogen) atoms. The van der Waals surface area contributed by atoms with Gasteiger partial charge < -0.3 is 0 Å². The van der Waals surface area contributed by atoms with Crippen LogP contribution < -0.4 is 0 Å². The van der Waals surface area contributed by atoms with Crippen LogP contribution in [0.5, 0.6) is 0 Å². The van der Waals surface area contributed by atoms with Crippen LogP contribution in [0.1, 0.15) is 22.3 Å². The smallest absolute Gasteiger partial charge is 0.0622 e. The molecule has 0 amide bonds. The van der Waals surface area contributed by atoms with Crippen molar-refractivity contribution in [3.63, 3.8) is 0 Å². The van der Waals surface area contributed by atoms with Gasteiger partial charge in [-0.05, 0) is 67.8 Å². The Morgan fingerprint density at radius 1 is 0.342 bits per heavy atom. The summed E-state index contributed by atoms with van der Waals surface area (Å²) in [6.07, 6.45) is 0. The van der Waals surface area contributed by atoms with E-state index < -0.39 is 5.41 Å². The molecule has 0 unspecified atom stereocenters. The molecular formula is C37H25Br. The SMILES string of the molecule is Brc1ccc2c(c1)C(c1ccccc1-c1ccccc1)(c1ccccc1-c1ccccc1)c1ccccc1-2. The molecule has 0 bridgehead atoms. The second-order valence-electron chi connectivity index (χ2n) is 9.81. The zero-order chi connectivity index (χ0) is 25.5. The molecule has 0 fully saturated rings. The summed E-state index contributed by atoms with van der Waals surface area (Å²) in [5.74, 6) is 0. The van der Waals surface area contributed by atoms with E-state index in [4.69, 9.17) is 0 Å². The van der Waals surface area contributed by atoms with Crippen molar-refractivity contribution < 1.29 is 0 Å². The molecule has 6 aromatic rings. The lowest BCUT2D eigenvalue weighted by Gasteiger charge is -2.37. The van der Waals surface area contributed by atoms with Crippen LogP contribution in [0.15, 0.2) is 156 Å². The molecule has 0 atom stereocenters. The molecule has 0 saturated carbocycles.